The molecule has 0 fully saturated rings. The van der Waals surface area contributed by atoms with Crippen molar-refractivity contribution in [3.63, 3.8) is 0 Å². The van der Waals surface area contributed by atoms with Gasteiger partial charge in [-0.05, 0) is 24.6 Å². The van der Waals surface area contributed by atoms with Crippen molar-refractivity contribution >= 4 is 29.1 Å². The first-order valence-electron chi connectivity index (χ1n) is 5.54. The van der Waals surface area contributed by atoms with E-state index >= 15 is 0 Å². The van der Waals surface area contributed by atoms with Gasteiger partial charge in [-0.15, -0.1) is 0 Å². The summed E-state index contributed by atoms with van der Waals surface area (Å²) in [5.41, 5.74) is 0.385. The van der Waals surface area contributed by atoms with Crippen molar-refractivity contribution in [2.45, 2.75) is 19.8 Å². The van der Waals surface area contributed by atoms with E-state index < -0.39 is 5.82 Å². The second kappa shape index (κ2) is 6.96. The van der Waals surface area contributed by atoms with Crippen LogP contribution in [-0.2, 0) is 9.59 Å². The number of nitrogens with one attached hydrogen (secondary N) is 2. The van der Waals surface area contributed by atoms with Crippen LogP contribution < -0.4 is 10.6 Å². The molecule has 18 heavy (non-hydrogen) atoms. The van der Waals surface area contributed by atoms with E-state index in [9.17, 15) is 14.0 Å². The third-order valence-corrected chi connectivity index (χ3v) is 2.42. The molecule has 0 atom stereocenters. The first-order valence-corrected chi connectivity index (χ1v) is 5.92. The van der Waals surface area contributed by atoms with Crippen LogP contribution in [0.25, 0.3) is 0 Å². The number of halogens is 2. The fourth-order valence-corrected chi connectivity index (χ4v) is 1.45. The second-order valence-corrected chi connectivity index (χ2v) is 4.11. The van der Waals surface area contributed by atoms with Gasteiger partial charge in [-0.1, -0.05) is 18.5 Å². The summed E-state index contributed by atoms with van der Waals surface area (Å²) < 4.78 is 12.9. The lowest BCUT2D eigenvalue weighted by Crippen LogP contribution is -2.32. The number of carbonyl (C=O) groups excluding carboxylic acids is 2. The molecule has 2 N–H and O–H groups in total. The van der Waals surface area contributed by atoms with Gasteiger partial charge in [0.2, 0.25) is 11.8 Å². The van der Waals surface area contributed by atoms with Gasteiger partial charge in [0.1, 0.15) is 5.82 Å². The van der Waals surface area contributed by atoms with Crippen molar-refractivity contribution < 1.29 is 14.0 Å². The monoisotopic (exact) mass is 272 g/mol. The van der Waals surface area contributed by atoms with E-state index in [1.54, 1.807) is 0 Å². The standard InChI is InChI=1S/C12H14ClFN2O2/c1-2-3-11(17)15-7-12(18)16-8-4-5-10(14)9(13)6-8/h4-6H,2-3,7H2,1H3,(H,15,17)(H,16,18). The van der Waals surface area contributed by atoms with E-state index in [1.165, 1.54) is 12.1 Å². The number of anilines is 1. The Morgan fingerprint density at radius 1 is 1.33 bits per heavy atom. The van der Waals surface area contributed by atoms with Gasteiger partial charge >= 0.3 is 0 Å². The molecule has 1 aromatic carbocycles. The number of hydrogen-bond donors (Lipinski definition) is 2. The van der Waals surface area contributed by atoms with Crippen LogP contribution in [0.15, 0.2) is 18.2 Å². The number of benzene rings is 1. The van der Waals surface area contributed by atoms with Gasteiger partial charge in [-0.25, -0.2) is 4.39 Å². The zero-order chi connectivity index (χ0) is 13.5. The first kappa shape index (κ1) is 14.4. The fraction of sp³-hybridized carbons (Fsp3) is 0.333. The van der Waals surface area contributed by atoms with E-state index in [0.717, 1.165) is 12.5 Å². The third kappa shape index (κ3) is 4.71. The number of rotatable bonds is 5. The van der Waals surface area contributed by atoms with Crippen LogP contribution in [0, 0.1) is 5.82 Å². The maximum Gasteiger partial charge on any atom is 0.243 e. The van der Waals surface area contributed by atoms with Crippen molar-refractivity contribution in [2.24, 2.45) is 0 Å². The summed E-state index contributed by atoms with van der Waals surface area (Å²) in [6, 6.07) is 3.86. The van der Waals surface area contributed by atoms with Crippen LogP contribution in [0.1, 0.15) is 19.8 Å². The highest BCUT2D eigenvalue weighted by atomic mass is 35.5. The molecule has 4 nitrogen and oxygen atoms in total. The average Bonchev–Trinajstić information content (AvgIpc) is 2.32. The topological polar surface area (TPSA) is 58.2 Å². The highest BCUT2D eigenvalue weighted by Gasteiger charge is 2.06. The van der Waals surface area contributed by atoms with Crippen LogP contribution >= 0.6 is 11.6 Å². The summed E-state index contributed by atoms with van der Waals surface area (Å²) in [5.74, 6) is -1.11. The molecule has 0 aromatic heterocycles. The summed E-state index contributed by atoms with van der Waals surface area (Å²) >= 11 is 5.57. The molecule has 1 rings (SSSR count). The molecule has 0 aliphatic rings. The molecular weight excluding hydrogens is 259 g/mol. The third-order valence-electron chi connectivity index (χ3n) is 2.13. The predicted octanol–water partition coefficient (Wildman–Crippen LogP) is 2.33. The van der Waals surface area contributed by atoms with Crippen molar-refractivity contribution in [1.29, 1.82) is 0 Å². The Kier molecular flexibility index (Phi) is 5.58. The predicted molar refractivity (Wildman–Crippen MR) is 68.0 cm³/mol. The Labute approximate surface area is 110 Å². The summed E-state index contributed by atoms with van der Waals surface area (Å²) in [6.45, 7) is 1.76. The maximum atomic E-state index is 12.9. The molecule has 0 heterocycles. The lowest BCUT2D eigenvalue weighted by atomic mass is 10.3. The largest absolute Gasteiger partial charge is 0.347 e. The minimum absolute atomic E-state index is 0.0668. The highest BCUT2D eigenvalue weighted by molar-refractivity contribution is 6.31. The van der Waals surface area contributed by atoms with Crippen molar-refractivity contribution in [3.05, 3.63) is 29.0 Å². The van der Waals surface area contributed by atoms with Crippen LogP contribution in [-0.4, -0.2) is 18.4 Å². The van der Waals surface area contributed by atoms with Gasteiger partial charge in [0.05, 0.1) is 11.6 Å². The second-order valence-electron chi connectivity index (χ2n) is 3.70. The Bertz CT molecular complexity index is 452. The SMILES string of the molecule is CCCC(=O)NCC(=O)Nc1ccc(F)c(Cl)c1. The average molecular weight is 273 g/mol. The van der Waals surface area contributed by atoms with E-state index in [4.69, 9.17) is 11.6 Å². The fourth-order valence-electron chi connectivity index (χ4n) is 1.27. The molecule has 0 unspecified atom stereocenters. The number of amides is 2. The summed E-state index contributed by atoms with van der Waals surface area (Å²) in [4.78, 5) is 22.6. The van der Waals surface area contributed by atoms with Crippen molar-refractivity contribution in [1.82, 2.24) is 5.32 Å². The quantitative estimate of drug-likeness (QED) is 0.864. The first-order chi connectivity index (χ1) is 8.52. The van der Waals surface area contributed by atoms with Gasteiger partial charge in [-0.2, -0.15) is 0 Å². The molecule has 0 saturated heterocycles. The minimum Gasteiger partial charge on any atom is -0.347 e. The van der Waals surface area contributed by atoms with Crippen LogP contribution in [0.5, 0.6) is 0 Å². The summed E-state index contributed by atoms with van der Waals surface area (Å²) in [6.07, 6.45) is 1.11. The van der Waals surface area contributed by atoms with Crippen LogP contribution in [0.3, 0.4) is 0 Å². The lowest BCUT2D eigenvalue weighted by molar-refractivity contribution is -0.124. The van der Waals surface area contributed by atoms with Gasteiger partial charge < -0.3 is 10.6 Å². The van der Waals surface area contributed by atoms with Crippen molar-refractivity contribution in [3.8, 4) is 0 Å². The summed E-state index contributed by atoms with van der Waals surface area (Å²) in [5, 5.41) is 4.91. The Hall–Kier alpha value is -1.62. The molecule has 0 saturated carbocycles. The van der Waals surface area contributed by atoms with Gasteiger partial charge in [0.25, 0.3) is 0 Å². The molecule has 2 amide bonds. The maximum absolute atomic E-state index is 12.9. The molecule has 0 radical (unpaired) electrons. The molecule has 1 aromatic rings. The van der Waals surface area contributed by atoms with Gasteiger partial charge in [-0.3, -0.25) is 9.59 Å². The lowest BCUT2D eigenvalue weighted by Gasteiger charge is -2.07. The van der Waals surface area contributed by atoms with Gasteiger partial charge in [0, 0.05) is 12.1 Å². The molecule has 0 aliphatic carbocycles. The molecule has 0 bridgehead atoms. The van der Waals surface area contributed by atoms with Crippen LogP contribution in [0.2, 0.25) is 5.02 Å². The van der Waals surface area contributed by atoms with E-state index in [-0.39, 0.29) is 23.4 Å². The molecule has 6 heteroatoms. The van der Waals surface area contributed by atoms with E-state index in [1.807, 2.05) is 6.92 Å². The van der Waals surface area contributed by atoms with Crippen LogP contribution in [0.4, 0.5) is 10.1 Å². The Morgan fingerprint density at radius 2 is 2.06 bits per heavy atom. The van der Waals surface area contributed by atoms with E-state index in [2.05, 4.69) is 10.6 Å². The van der Waals surface area contributed by atoms with Crippen molar-refractivity contribution in [2.75, 3.05) is 11.9 Å². The van der Waals surface area contributed by atoms with Gasteiger partial charge in [0.15, 0.2) is 0 Å². The zero-order valence-electron chi connectivity index (χ0n) is 9.93. The summed E-state index contributed by atoms with van der Waals surface area (Å²) in [7, 11) is 0. The highest BCUT2D eigenvalue weighted by Crippen LogP contribution is 2.19. The van der Waals surface area contributed by atoms with E-state index in [0.29, 0.717) is 12.1 Å². The Balaban J connectivity index is 2.44. The number of carbonyl (C=O) groups is 2. The number of hydrogen-bond acceptors (Lipinski definition) is 2. The zero-order valence-corrected chi connectivity index (χ0v) is 10.7. The molecule has 98 valence electrons. The molecule has 0 aliphatic heterocycles. The normalized spacial score (nSPS) is 9.94. The smallest absolute Gasteiger partial charge is 0.243 e. The molecule has 0 spiro atoms. The minimum atomic E-state index is -0.550. The molecular formula is C12H14ClFN2O2. The Morgan fingerprint density at radius 3 is 2.67 bits per heavy atom.